The van der Waals surface area contributed by atoms with Gasteiger partial charge in [-0.2, -0.15) is 10.1 Å². The predicted molar refractivity (Wildman–Crippen MR) is 93.0 cm³/mol. The van der Waals surface area contributed by atoms with Crippen LogP contribution in [0.5, 0.6) is 0 Å². The normalized spacial score (nSPS) is 16.3. The molecule has 0 unspecified atom stereocenters. The number of para-hydroxylation sites is 1. The lowest BCUT2D eigenvalue weighted by Crippen LogP contribution is -2.31. The van der Waals surface area contributed by atoms with Gasteiger partial charge < -0.3 is 15.1 Å². The number of allylic oxidation sites excluding steroid dienone is 1. The van der Waals surface area contributed by atoms with E-state index in [-0.39, 0.29) is 5.91 Å². The minimum atomic E-state index is -0.401. The second-order valence-corrected chi connectivity index (χ2v) is 5.92. The van der Waals surface area contributed by atoms with E-state index in [1.54, 1.807) is 17.2 Å². The van der Waals surface area contributed by atoms with Crippen LogP contribution in [0.25, 0.3) is 0 Å². The van der Waals surface area contributed by atoms with Crippen LogP contribution in [0, 0.1) is 6.92 Å². The highest BCUT2D eigenvalue weighted by molar-refractivity contribution is 6.06. The Balaban J connectivity index is 1.76. The molecule has 25 heavy (non-hydrogen) atoms. The van der Waals surface area contributed by atoms with Crippen LogP contribution in [0.4, 0.5) is 11.6 Å². The number of aryl methyl sites for hydroxylation is 1. The molecule has 2 aromatic heterocycles. The fourth-order valence-corrected chi connectivity index (χ4v) is 3.03. The molecule has 7 heteroatoms. The Labute approximate surface area is 144 Å². The monoisotopic (exact) mass is 335 g/mol. The third-order valence-electron chi connectivity index (χ3n) is 4.29. The van der Waals surface area contributed by atoms with Gasteiger partial charge in [0.2, 0.25) is 5.95 Å². The van der Waals surface area contributed by atoms with Gasteiger partial charge in [-0.25, -0.2) is 4.68 Å². The molecule has 7 nitrogen and oxygen atoms in total. The molecule has 1 aromatic carbocycles. The molecule has 0 bridgehead atoms. The topological polar surface area (TPSA) is 85.0 Å². The van der Waals surface area contributed by atoms with Gasteiger partial charge in [0.1, 0.15) is 12.4 Å². The van der Waals surface area contributed by atoms with E-state index in [1.807, 2.05) is 44.2 Å². The van der Waals surface area contributed by atoms with Gasteiger partial charge >= 0.3 is 0 Å². The van der Waals surface area contributed by atoms with Gasteiger partial charge in [0.15, 0.2) is 0 Å². The molecule has 1 aliphatic heterocycles. The van der Waals surface area contributed by atoms with Gasteiger partial charge in [-0.3, -0.25) is 4.79 Å². The first-order chi connectivity index (χ1) is 12.1. The summed E-state index contributed by atoms with van der Waals surface area (Å²) < 4.78 is 6.91. The number of carbonyl (C=O) groups excluding carboxylic acids is 1. The number of carbonyl (C=O) groups is 1. The quantitative estimate of drug-likeness (QED) is 0.768. The van der Waals surface area contributed by atoms with Crippen molar-refractivity contribution in [2.75, 3.05) is 10.6 Å². The highest BCUT2D eigenvalue weighted by Gasteiger charge is 2.34. The molecule has 3 heterocycles. The van der Waals surface area contributed by atoms with Crippen molar-refractivity contribution in [3.63, 3.8) is 0 Å². The van der Waals surface area contributed by atoms with E-state index in [4.69, 9.17) is 4.42 Å². The fourth-order valence-electron chi connectivity index (χ4n) is 3.03. The third kappa shape index (κ3) is 2.59. The minimum absolute atomic E-state index is 0.188. The number of amides is 1. The first-order valence-electron chi connectivity index (χ1n) is 7.91. The predicted octanol–water partition coefficient (Wildman–Crippen LogP) is 3.11. The number of hydrogen-bond acceptors (Lipinski definition) is 5. The van der Waals surface area contributed by atoms with Crippen molar-refractivity contribution < 1.29 is 9.21 Å². The molecule has 0 aliphatic carbocycles. The summed E-state index contributed by atoms with van der Waals surface area (Å²) in [5.41, 5.74) is 3.92. The van der Waals surface area contributed by atoms with Crippen molar-refractivity contribution in [3.05, 3.63) is 71.6 Å². The van der Waals surface area contributed by atoms with Crippen molar-refractivity contribution >= 4 is 17.5 Å². The molecule has 3 aromatic rings. The molecular formula is C18H17N5O2. The van der Waals surface area contributed by atoms with Gasteiger partial charge in [0.25, 0.3) is 5.91 Å². The molecule has 0 fully saturated rings. The van der Waals surface area contributed by atoms with Crippen LogP contribution in [0.1, 0.15) is 24.1 Å². The smallest absolute Gasteiger partial charge is 0.255 e. The highest BCUT2D eigenvalue weighted by Crippen LogP contribution is 2.35. The molecule has 126 valence electrons. The van der Waals surface area contributed by atoms with Crippen LogP contribution in [0.15, 0.2) is 64.9 Å². The lowest BCUT2D eigenvalue weighted by Gasteiger charge is -2.27. The number of aromatic nitrogens is 3. The second kappa shape index (κ2) is 5.94. The summed E-state index contributed by atoms with van der Waals surface area (Å²) in [6.45, 7) is 3.82. The van der Waals surface area contributed by atoms with E-state index >= 15 is 0 Å². The van der Waals surface area contributed by atoms with E-state index in [2.05, 4.69) is 20.7 Å². The van der Waals surface area contributed by atoms with E-state index < -0.39 is 6.04 Å². The summed E-state index contributed by atoms with van der Waals surface area (Å²) in [6.07, 6.45) is 4.67. The summed E-state index contributed by atoms with van der Waals surface area (Å²) in [6, 6.07) is 9.10. The number of furan rings is 1. The fraction of sp³-hybridized carbons (Fsp3) is 0.167. The Kier molecular flexibility index (Phi) is 3.61. The van der Waals surface area contributed by atoms with Crippen molar-refractivity contribution in [1.82, 2.24) is 14.8 Å². The maximum absolute atomic E-state index is 13.1. The first kappa shape index (κ1) is 15.2. The molecule has 1 aliphatic rings. The zero-order valence-electron chi connectivity index (χ0n) is 13.9. The molecule has 1 atom stereocenters. The van der Waals surface area contributed by atoms with Crippen molar-refractivity contribution in [2.24, 2.45) is 0 Å². The van der Waals surface area contributed by atoms with Crippen molar-refractivity contribution in [3.8, 4) is 0 Å². The van der Waals surface area contributed by atoms with Gasteiger partial charge in [0, 0.05) is 16.9 Å². The summed E-state index contributed by atoms with van der Waals surface area (Å²) in [5.74, 6) is 0.405. The molecule has 4 rings (SSSR count). The number of hydrogen-bond donors (Lipinski definition) is 2. The van der Waals surface area contributed by atoms with Crippen LogP contribution in [0.3, 0.4) is 0 Å². The van der Waals surface area contributed by atoms with E-state index in [0.29, 0.717) is 11.5 Å². The summed E-state index contributed by atoms with van der Waals surface area (Å²) in [5, 5.41) is 10.4. The van der Waals surface area contributed by atoms with Gasteiger partial charge in [-0.15, -0.1) is 0 Å². The number of nitrogens with zero attached hydrogens (tertiary/aromatic N) is 3. The van der Waals surface area contributed by atoms with Gasteiger partial charge in [0.05, 0.1) is 18.1 Å². The maximum Gasteiger partial charge on any atom is 0.255 e. The summed E-state index contributed by atoms with van der Waals surface area (Å²) >= 11 is 0. The summed E-state index contributed by atoms with van der Waals surface area (Å²) in [4.78, 5) is 17.3. The first-order valence-corrected chi connectivity index (χ1v) is 7.91. The van der Waals surface area contributed by atoms with Gasteiger partial charge in [-0.1, -0.05) is 18.2 Å². The highest BCUT2D eigenvalue weighted by atomic mass is 16.3. The van der Waals surface area contributed by atoms with Crippen LogP contribution in [-0.2, 0) is 4.79 Å². The number of anilines is 2. The SMILES string of the molecule is CC1=C(C(=O)Nc2ccccc2C)[C@H](c2ccoc2)n2ncnc2N1. The third-order valence-corrected chi connectivity index (χ3v) is 4.29. The summed E-state index contributed by atoms with van der Waals surface area (Å²) in [7, 11) is 0. The lowest BCUT2D eigenvalue weighted by molar-refractivity contribution is -0.113. The number of nitrogens with one attached hydrogen (secondary N) is 2. The Morgan fingerprint density at radius 3 is 2.88 bits per heavy atom. The standard InChI is InChI=1S/C18H17N5O2/c1-11-5-3-4-6-14(11)22-17(24)15-12(2)21-18-19-10-20-23(18)16(15)13-7-8-25-9-13/h3-10,16H,1-2H3,(H,22,24)(H,19,20,21)/t16-/m0/s1. The van der Waals surface area contributed by atoms with Crippen LogP contribution < -0.4 is 10.6 Å². The Hall–Kier alpha value is -3.35. The molecule has 0 radical (unpaired) electrons. The molecule has 0 saturated heterocycles. The van der Waals surface area contributed by atoms with E-state index in [0.717, 1.165) is 22.5 Å². The van der Waals surface area contributed by atoms with E-state index in [1.165, 1.54) is 6.33 Å². The average Bonchev–Trinajstić information content (AvgIpc) is 3.26. The minimum Gasteiger partial charge on any atom is -0.472 e. The zero-order chi connectivity index (χ0) is 17.4. The van der Waals surface area contributed by atoms with Crippen LogP contribution >= 0.6 is 0 Å². The molecule has 0 saturated carbocycles. The Morgan fingerprint density at radius 2 is 2.12 bits per heavy atom. The lowest BCUT2D eigenvalue weighted by atomic mass is 9.97. The average molecular weight is 335 g/mol. The molecule has 0 spiro atoms. The van der Waals surface area contributed by atoms with Crippen molar-refractivity contribution in [1.29, 1.82) is 0 Å². The van der Waals surface area contributed by atoms with Crippen molar-refractivity contribution in [2.45, 2.75) is 19.9 Å². The maximum atomic E-state index is 13.1. The molecule has 2 N–H and O–H groups in total. The van der Waals surface area contributed by atoms with Gasteiger partial charge in [-0.05, 0) is 31.5 Å². The van der Waals surface area contributed by atoms with E-state index in [9.17, 15) is 4.79 Å². The largest absolute Gasteiger partial charge is 0.472 e. The zero-order valence-corrected chi connectivity index (χ0v) is 13.9. The Bertz CT molecular complexity index is 956. The molecular weight excluding hydrogens is 318 g/mol. The Morgan fingerprint density at radius 1 is 1.28 bits per heavy atom. The number of fused-ring (bicyclic) bond motifs is 1. The molecule has 1 amide bonds. The second-order valence-electron chi connectivity index (χ2n) is 5.92. The number of rotatable bonds is 3. The number of benzene rings is 1. The van der Waals surface area contributed by atoms with Crippen LogP contribution in [0.2, 0.25) is 0 Å². The van der Waals surface area contributed by atoms with Crippen LogP contribution in [-0.4, -0.2) is 20.7 Å².